The summed E-state index contributed by atoms with van der Waals surface area (Å²) >= 11 is 0. The number of hydrogen-bond acceptors (Lipinski definition) is 5. The van der Waals surface area contributed by atoms with Crippen LogP contribution in [0.4, 0.5) is 5.82 Å². The maximum absolute atomic E-state index is 13.1. The lowest BCUT2D eigenvalue weighted by atomic mass is 9.98. The second-order valence-corrected chi connectivity index (χ2v) is 7.07. The monoisotopic (exact) mass is 376 g/mol. The van der Waals surface area contributed by atoms with Gasteiger partial charge in [0.05, 0.1) is 12.5 Å². The Morgan fingerprint density at radius 1 is 1.14 bits per heavy atom. The predicted octanol–water partition coefficient (Wildman–Crippen LogP) is 3.94. The van der Waals surface area contributed by atoms with E-state index in [0.29, 0.717) is 17.6 Å². The fraction of sp³-hybridized carbons (Fsp3) is 0.318. The van der Waals surface area contributed by atoms with Crippen LogP contribution in [-0.4, -0.2) is 39.9 Å². The van der Waals surface area contributed by atoms with Gasteiger partial charge in [0.15, 0.2) is 11.6 Å². The lowest BCUT2D eigenvalue weighted by Gasteiger charge is -2.40. The van der Waals surface area contributed by atoms with Gasteiger partial charge in [-0.1, -0.05) is 30.3 Å². The van der Waals surface area contributed by atoms with Crippen molar-refractivity contribution in [3.63, 3.8) is 0 Å². The van der Waals surface area contributed by atoms with Gasteiger partial charge in [-0.3, -0.25) is 19.6 Å². The van der Waals surface area contributed by atoms with Gasteiger partial charge in [-0.25, -0.2) is 4.98 Å². The van der Waals surface area contributed by atoms with Crippen LogP contribution in [0.25, 0.3) is 0 Å². The van der Waals surface area contributed by atoms with Gasteiger partial charge in [0, 0.05) is 37.6 Å². The number of amides is 1. The number of benzene rings is 1. The first kappa shape index (κ1) is 18.4. The van der Waals surface area contributed by atoms with E-state index in [0.717, 1.165) is 25.9 Å². The number of piperidine rings is 1. The smallest absolute Gasteiger partial charge is 0.295 e. The molecule has 0 spiro atoms. The Morgan fingerprint density at radius 2 is 1.93 bits per heavy atom. The van der Waals surface area contributed by atoms with E-state index in [9.17, 15) is 4.79 Å². The van der Waals surface area contributed by atoms with Crippen LogP contribution in [0.3, 0.4) is 0 Å². The van der Waals surface area contributed by atoms with Crippen LogP contribution in [0.1, 0.15) is 41.9 Å². The second-order valence-electron chi connectivity index (χ2n) is 7.07. The SMILES string of the molecule is CC(c1ccccc1)N1CCC(N(C(=O)c2ccco2)c2cnccn2)CC1. The average Bonchev–Trinajstić information content (AvgIpc) is 3.30. The summed E-state index contributed by atoms with van der Waals surface area (Å²) in [7, 11) is 0. The van der Waals surface area contributed by atoms with Crippen molar-refractivity contribution in [3.8, 4) is 0 Å². The zero-order valence-corrected chi connectivity index (χ0v) is 15.9. The number of likely N-dealkylation sites (tertiary alicyclic amines) is 1. The van der Waals surface area contributed by atoms with Crippen molar-refractivity contribution in [3.05, 3.63) is 78.6 Å². The Balaban J connectivity index is 1.50. The minimum absolute atomic E-state index is 0.0634. The molecule has 1 unspecified atom stereocenters. The van der Waals surface area contributed by atoms with Gasteiger partial charge < -0.3 is 4.42 Å². The number of carbonyl (C=O) groups is 1. The van der Waals surface area contributed by atoms with E-state index in [1.165, 1.54) is 11.8 Å². The van der Waals surface area contributed by atoms with Gasteiger partial charge in [-0.05, 0) is 37.5 Å². The number of nitrogens with zero attached hydrogens (tertiary/aromatic N) is 4. The Morgan fingerprint density at radius 3 is 2.57 bits per heavy atom. The molecule has 3 heterocycles. The van der Waals surface area contributed by atoms with Crippen molar-refractivity contribution < 1.29 is 9.21 Å². The molecule has 28 heavy (non-hydrogen) atoms. The van der Waals surface area contributed by atoms with E-state index in [2.05, 4.69) is 46.1 Å². The molecular formula is C22H24N4O2. The van der Waals surface area contributed by atoms with E-state index < -0.39 is 0 Å². The zero-order chi connectivity index (χ0) is 19.3. The van der Waals surface area contributed by atoms with E-state index in [4.69, 9.17) is 4.42 Å². The molecule has 6 nitrogen and oxygen atoms in total. The molecule has 1 amide bonds. The molecule has 144 valence electrons. The summed E-state index contributed by atoms with van der Waals surface area (Å²) < 4.78 is 5.36. The fourth-order valence-electron chi connectivity index (χ4n) is 3.87. The molecule has 0 aliphatic carbocycles. The van der Waals surface area contributed by atoms with Gasteiger partial charge in [-0.15, -0.1) is 0 Å². The highest BCUT2D eigenvalue weighted by molar-refractivity contribution is 6.04. The van der Waals surface area contributed by atoms with Crippen LogP contribution >= 0.6 is 0 Å². The molecular weight excluding hydrogens is 352 g/mol. The van der Waals surface area contributed by atoms with E-state index in [1.54, 1.807) is 35.6 Å². The second kappa shape index (κ2) is 8.35. The van der Waals surface area contributed by atoms with Crippen LogP contribution in [0.2, 0.25) is 0 Å². The first-order valence-electron chi connectivity index (χ1n) is 9.66. The van der Waals surface area contributed by atoms with Crippen LogP contribution < -0.4 is 4.90 Å². The maximum Gasteiger partial charge on any atom is 0.295 e. The maximum atomic E-state index is 13.1. The third-order valence-corrected chi connectivity index (χ3v) is 5.44. The standard InChI is InChI=1S/C22H24N4O2/c1-17(18-6-3-2-4-7-18)25-13-9-19(10-14-25)26(21-16-23-11-12-24-21)22(27)20-8-5-15-28-20/h2-8,11-12,15-17,19H,9-10,13-14H2,1H3. The molecule has 3 aromatic rings. The molecule has 0 bridgehead atoms. The molecule has 4 rings (SSSR count). The number of rotatable bonds is 5. The summed E-state index contributed by atoms with van der Waals surface area (Å²) in [5.74, 6) is 0.726. The average molecular weight is 376 g/mol. The topological polar surface area (TPSA) is 62.5 Å². The van der Waals surface area contributed by atoms with Crippen molar-refractivity contribution in [1.29, 1.82) is 0 Å². The number of anilines is 1. The Hall–Kier alpha value is -2.99. The summed E-state index contributed by atoms with van der Waals surface area (Å²) in [5, 5.41) is 0. The highest BCUT2D eigenvalue weighted by atomic mass is 16.3. The quantitative estimate of drug-likeness (QED) is 0.675. The lowest BCUT2D eigenvalue weighted by molar-refractivity contribution is 0.0922. The van der Waals surface area contributed by atoms with Crippen LogP contribution in [-0.2, 0) is 0 Å². The van der Waals surface area contributed by atoms with Crippen molar-refractivity contribution >= 4 is 11.7 Å². The Kier molecular flexibility index (Phi) is 5.48. The van der Waals surface area contributed by atoms with Crippen molar-refractivity contribution in [1.82, 2.24) is 14.9 Å². The van der Waals surface area contributed by atoms with Gasteiger partial charge in [0.25, 0.3) is 5.91 Å². The molecule has 1 aliphatic heterocycles. The predicted molar refractivity (Wildman–Crippen MR) is 107 cm³/mol. The third kappa shape index (κ3) is 3.82. The molecule has 0 N–H and O–H groups in total. The number of furan rings is 1. The van der Waals surface area contributed by atoms with E-state index >= 15 is 0 Å². The highest BCUT2D eigenvalue weighted by Gasteiger charge is 2.33. The first-order chi connectivity index (χ1) is 13.7. The van der Waals surface area contributed by atoms with Gasteiger partial charge in [-0.2, -0.15) is 0 Å². The minimum atomic E-state index is -0.167. The molecule has 1 atom stereocenters. The zero-order valence-electron chi connectivity index (χ0n) is 15.9. The fourth-order valence-corrected chi connectivity index (χ4v) is 3.87. The minimum Gasteiger partial charge on any atom is -0.459 e. The van der Waals surface area contributed by atoms with E-state index in [-0.39, 0.29) is 11.9 Å². The van der Waals surface area contributed by atoms with E-state index in [1.807, 2.05) is 6.07 Å². The van der Waals surface area contributed by atoms with Crippen molar-refractivity contribution in [2.45, 2.75) is 31.8 Å². The normalized spacial score (nSPS) is 16.6. The number of aromatic nitrogens is 2. The lowest BCUT2D eigenvalue weighted by Crippen LogP contribution is -2.48. The van der Waals surface area contributed by atoms with Crippen molar-refractivity contribution in [2.24, 2.45) is 0 Å². The highest BCUT2D eigenvalue weighted by Crippen LogP contribution is 2.28. The summed E-state index contributed by atoms with van der Waals surface area (Å²) in [6.07, 6.45) is 8.14. The summed E-state index contributed by atoms with van der Waals surface area (Å²) in [6.45, 7) is 4.08. The summed E-state index contributed by atoms with van der Waals surface area (Å²) in [6, 6.07) is 14.4. The molecule has 1 aromatic carbocycles. The van der Waals surface area contributed by atoms with Crippen molar-refractivity contribution in [2.75, 3.05) is 18.0 Å². The summed E-state index contributed by atoms with van der Waals surface area (Å²) in [4.78, 5) is 25.8. The summed E-state index contributed by atoms with van der Waals surface area (Å²) in [5.41, 5.74) is 1.32. The van der Waals surface area contributed by atoms with Gasteiger partial charge >= 0.3 is 0 Å². The molecule has 1 aliphatic rings. The molecule has 1 fully saturated rings. The molecule has 2 aromatic heterocycles. The molecule has 0 saturated carbocycles. The van der Waals surface area contributed by atoms with Crippen LogP contribution in [0.5, 0.6) is 0 Å². The molecule has 1 saturated heterocycles. The van der Waals surface area contributed by atoms with Gasteiger partial charge in [0.1, 0.15) is 0 Å². The first-order valence-corrected chi connectivity index (χ1v) is 9.66. The Labute approximate surface area is 164 Å². The molecule has 0 radical (unpaired) electrons. The number of carbonyl (C=O) groups excluding carboxylic acids is 1. The third-order valence-electron chi connectivity index (χ3n) is 5.44. The molecule has 6 heteroatoms. The van der Waals surface area contributed by atoms with Gasteiger partial charge in [0.2, 0.25) is 0 Å². The number of hydrogen-bond donors (Lipinski definition) is 0. The van der Waals surface area contributed by atoms with Crippen LogP contribution in [0.15, 0.2) is 71.7 Å². The largest absolute Gasteiger partial charge is 0.459 e. The Bertz CT molecular complexity index is 875. The van der Waals surface area contributed by atoms with Crippen LogP contribution in [0, 0.1) is 0 Å².